The third-order valence-corrected chi connectivity index (χ3v) is 5.41. The van der Waals surface area contributed by atoms with Crippen molar-refractivity contribution in [2.45, 2.75) is 65.0 Å². The first kappa shape index (κ1) is 25.0. The normalized spacial score (nSPS) is 13.8. The number of rotatable bonds is 6. The van der Waals surface area contributed by atoms with Gasteiger partial charge in [-0.25, -0.2) is 9.97 Å². The van der Waals surface area contributed by atoms with E-state index in [1.54, 1.807) is 0 Å². The summed E-state index contributed by atoms with van der Waals surface area (Å²) in [5.74, 6) is -0.570. The average molecular weight is 461 g/mol. The Morgan fingerprint density at radius 3 is 2.35 bits per heavy atom. The van der Waals surface area contributed by atoms with Gasteiger partial charge in [0.2, 0.25) is 0 Å². The molecule has 0 fully saturated rings. The van der Waals surface area contributed by atoms with Gasteiger partial charge in [0.15, 0.2) is 5.01 Å². The maximum atomic E-state index is 13.8. The summed E-state index contributed by atoms with van der Waals surface area (Å²) in [6.45, 7) is 9.47. The van der Waals surface area contributed by atoms with Crippen LogP contribution >= 0.6 is 11.3 Å². The van der Waals surface area contributed by atoms with Gasteiger partial charge in [-0.3, -0.25) is 4.79 Å². The minimum absolute atomic E-state index is 0.0551. The summed E-state index contributed by atoms with van der Waals surface area (Å²) in [5, 5.41) is 24.9. The summed E-state index contributed by atoms with van der Waals surface area (Å²) in [6.07, 6.45) is -4.74. The van der Waals surface area contributed by atoms with Gasteiger partial charge in [0, 0.05) is 23.8 Å². The van der Waals surface area contributed by atoms with Crippen LogP contribution in [0.25, 0.3) is 10.4 Å². The highest BCUT2D eigenvalue weighted by molar-refractivity contribution is 7.17. The monoisotopic (exact) mass is 460 g/mol. The van der Waals surface area contributed by atoms with Crippen molar-refractivity contribution in [1.82, 2.24) is 15.3 Å². The van der Waals surface area contributed by atoms with Crippen molar-refractivity contribution < 1.29 is 28.2 Å². The van der Waals surface area contributed by atoms with Crippen LogP contribution in [0.1, 0.15) is 55.7 Å². The fourth-order valence-electron chi connectivity index (χ4n) is 2.58. The number of carbonyl (C=O) groups excluding carboxylic acids is 1. The predicted molar refractivity (Wildman–Crippen MR) is 113 cm³/mol. The number of alkyl halides is 3. The number of carbonyl (C=O) groups is 1. The second-order valence-electron chi connectivity index (χ2n) is 8.80. The molecule has 0 bridgehead atoms. The van der Waals surface area contributed by atoms with E-state index < -0.39 is 34.9 Å². The summed E-state index contributed by atoms with van der Waals surface area (Å²) < 4.78 is 41.3. The van der Waals surface area contributed by atoms with Crippen LogP contribution in [-0.4, -0.2) is 49.9 Å². The lowest BCUT2D eigenvalue weighted by Gasteiger charge is -2.24. The molecule has 2 rings (SSSR count). The molecule has 0 aliphatic rings. The van der Waals surface area contributed by atoms with Crippen molar-refractivity contribution >= 4 is 23.1 Å². The number of amides is 1. The topological polar surface area (TPSA) is 107 Å². The van der Waals surface area contributed by atoms with Gasteiger partial charge in [0.25, 0.3) is 5.91 Å². The molecule has 0 radical (unpaired) electrons. The number of aromatic nitrogens is 2. The molecule has 2 heterocycles. The first-order chi connectivity index (χ1) is 14.0. The van der Waals surface area contributed by atoms with Crippen LogP contribution in [0, 0.1) is 6.92 Å². The first-order valence-electron chi connectivity index (χ1n) is 9.51. The van der Waals surface area contributed by atoms with Gasteiger partial charge in [-0.2, -0.15) is 13.2 Å². The summed E-state index contributed by atoms with van der Waals surface area (Å²) in [7, 11) is 0. The Labute approximate surface area is 182 Å². The summed E-state index contributed by atoms with van der Waals surface area (Å²) in [5.41, 5.74) is -2.70. The highest BCUT2D eigenvalue weighted by Gasteiger charge is 2.36. The number of hydrogen-bond acceptors (Lipinski definition) is 7. The molecule has 2 aromatic rings. The van der Waals surface area contributed by atoms with Crippen LogP contribution in [0.2, 0.25) is 0 Å². The highest BCUT2D eigenvalue weighted by Crippen LogP contribution is 2.41. The number of aryl methyl sites for hydroxylation is 1. The molecule has 2 aromatic heterocycles. The van der Waals surface area contributed by atoms with Crippen LogP contribution < -0.4 is 10.6 Å². The Morgan fingerprint density at radius 1 is 1.23 bits per heavy atom. The molecular weight excluding hydrogens is 433 g/mol. The van der Waals surface area contributed by atoms with Crippen molar-refractivity contribution in [3.63, 3.8) is 0 Å². The van der Waals surface area contributed by atoms with E-state index in [0.29, 0.717) is 0 Å². The number of pyridine rings is 1. The molecule has 172 valence electrons. The van der Waals surface area contributed by atoms with Crippen LogP contribution in [0.5, 0.6) is 0 Å². The van der Waals surface area contributed by atoms with E-state index in [9.17, 15) is 28.2 Å². The van der Waals surface area contributed by atoms with Gasteiger partial charge in [0.05, 0.1) is 27.8 Å². The molecule has 0 aliphatic carbocycles. The number of halogens is 3. The van der Waals surface area contributed by atoms with E-state index in [-0.39, 0.29) is 33.5 Å². The Hall–Kier alpha value is -2.24. The number of hydrogen-bond donors (Lipinski definition) is 4. The number of aliphatic hydroxyl groups is 2. The highest BCUT2D eigenvalue weighted by atomic mass is 32.1. The molecule has 4 N–H and O–H groups in total. The molecule has 0 saturated carbocycles. The number of aliphatic hydroxyl groups excluding tert-OH is 1. The average Bonchev–Trinajstić information content (AvgIpc) is 2.98. The Balaban J connectivity index is 2.37. The SMILES string of the molecule is Cc1nc(C(=O)NCC(O)C(C)(C)O)sc1-c1cnc(NC(C)(C)C)cc1C(F)(F)F. The van der Waals surface area contributed by atoms with Gasteiger partial charge in [0.1, 0.15) is 5.82 Å². The van der Waals surface area contributed by atoms with Crippen molar-refractivity contribution in [2.75, 3.05) is 11.9 Å². The molecule has 0 spiro atoms. The molecule has 1 unspecified atom stereocenters. The van der Waals surface area contributed by atoms with Crippen molar-refractivity contribution in [1.29, 1.82) is 0 Å². The van der Waals surface area contributed by atoms with Gasteiger partial charge in [-0.05, 0) is 47.6 Å². The summed E-state index contributed by atoms with van der Waals surface area (Å²) in [6, 6.07) is 0.944. The molecule has 1 amide bonds. The van der Waals surface area contributed by atoms with Gasteiger partial charge in [-0.1, -0.05) is 0 Å². The third-order valence-electron chi connectivity index (χ3n) is 4.22. The lowest BCUT2D eigenvalue weighted by Crippen LogP contribution is -2.44. The van der Waals surface area contributed by atoms with E-state index in [1.807, 2.05) is 20.8 Å². The molecule has 7 nitrogen and oxygen atoms in total. The van der Waals surface area contributed by atoms with E-state index in [2.05, 4.69) is 20.6 Å². The van der Waals surface area contributed by atoms with E-state index in [1.165, 1.54) is 20.8 Å². The second kappa shape index (κ2) is 8.71. The van der Waals surface area contributed by atoms with Crippen molar-refractivity contribution in [3.05, 3.63) is 28.5 Å². The fourth-order valence-corrected chi connectivity index (χ4v) is 3.59. The quantitative estimate of drug-likeness (QED) is 0.525. The number of nitrogens with one attached hydrogen (secondary N) is 2. The molecule has 1 atom stereocenters. The van der Waals surface area contributed by atoms with Crippen LogP contribution in [-0.2, 0) is 6.18 Å². The standard InChI is InChI=1S/C20H27F3N4O3S/c1-10-15(31-17(26-10)16(29)25-9-13(28)19(5,6)30)11-8-24-14(27-18(2,3)4)7-12(11)20(21,22)23/h7-8,13,28,30H,9H2,1-6H3,(H,24,27)(H,25,29). The maximum absolute atomic E-state index is 13.8. The predicted octanol–water partition coefficient (Wildman–Crippen LogP) is 3.60. The van der Waals surface area contributed by atoms with Gasteiger partial charge >= 0.3 is 6.18 Å². The zero-order chi connectivity index (χ0) is 23.8. The summed E-state index contributed by atoms with van der Waals surface area (Å²) >= 11 is 0.801. The van der Waals surface area contributed by atoms with Crippen LogP contribution in [0.3, 0.4) is 0 Å². The minimum Gasteiger partial charge on any atom is -0.388 e. The molecule has 0 saturated heterocycles. The zero-order valence-electron chi connectivity index (χ0n) is 18.2. The minimum atomic E-state index is -4.64. The fraction of sp³-hybridized carbons (Fsp3) is 0.550. The lowest BCUT2D eigenvalue weighted by atomic mass is 10.0. The molecule has 11 heteroatoms. The first-order valence-corrected chi connectivity index (χ1v) is 10.3. The van der Waals surface area contributed by atoms with Crippen molar-refractivity contribution in [3.8, 4) is 10.4 Å². The van der Waals surface area contributed by atoms with Crippen LogP contribution in [0.15, 0.2) is 12.3 Å². The maximum Gasteiger partial charge on any atom is 0.417 e. The number of thiazole rings is 1. The Morgan fingerprint density at radius 2 is 1.84 bits per heavy atom. The Bertz CT molecular complexity index is 947. The van der Waals surface area contributed by atoms with E-state index in [4.69, 9.17) is 0 Å². The number of nitrogens with zero attached hydrogens (tertiary/aromatic N) is 2. The van der Waals surface area contributed by atoms with Crippen LogP contribution in [0.4, 0.5) is 19.0 Å². The molecule has 0 aromatic carbocycles. The van der Waals surface area contributed by atoms with Crippen molar-refractivity contribution in [2.24, 2.45) is 0 Å². The second-order valence-corrected chi connectivity index (χ2v) is 9.80. The zero-order valence-corrected chi connectivity index (χ0v) is 19.0. The van der Waals surface area contributed by atoms with Gasteiger partial charge in [-0.15, -0.1) is 11.3 Å². The molecule has 31 heavy (non-hydrogen) atoms. The third kappa shape index (κ3) is 6.62. The Kier molecular flexibility index (Phi) is 7.03. The smallest absolute Gasteiger partial charge is 0.388 e. The lowest BCUT2D eigenvalue weighted by molar-refractivity contribution is -0.137. The molecular formula is C20H27F3N4O3S. The van der Waals surface area contributed by atoms with E-state index >= 15 is 0 Å². The molecule has 0 aliphatic heterocycles. The van der Waals surface area contributed by atoms with Gasteiger partial charge < -0.3 is 20.8 Å². The van der Waals surface area contributed by atoms with E-state index in [0.717, 1.165) is 23.6 Å². The summed E-state index contributed by atoms with van der Waals surface area (Å²) in [4.78, 5) is 20.7. The number of anilines is 1. The largest absolute Gasteiger partial charge is 0.417 e.